The lowest BCUT2D eigenvalue weighted by Crippen LogP contribution is -2.26. The van der Waals surface area contributed by atoms with Crippen LogP contribution in [-0.4, -0.2) is 16.0 Å². The van der Waals surface area contributed by atoms with Crippen molar-refractivity contribution in [1.82, 2.24) is 9.97 Å². The Morgan fingerprint density at radius 1 is 1.41 bits per heavy atom. The van der Waals surface area contributed by atoms with E-state index in [1.807, 2.05) is 12.3 Å². The van der Waals surface area contributed by atoms with Crippen molar-refractivity contribution >= 4 is 17.0 Å². The summed E-state index contributed by atoms with van der Waals surface area (Å²) in [5, 5.41) is 3.12. The highest BCUT2D eigenvalue weighted by Gasteiger charge is 2.10. The van der Waals surface area contributed by atoms with E-state index in [-0.39, 0.29) is 6.04 Å². The van der Waals surface area contributed by atoms with Gasteiger partial charge in [0.1, 0.15) is 0 Å². The van der Waals surface area contributed by atoms with Gasteiger partial charge in [0.15, 0.2) is 0 Å². The normalized spacial score (nSPS) is 12.6. The molecule has 0 bridgehead atoms. The van der Waals surface area contributed by atoms with Crippen molar-refractivity contribution in [1.29, 1.82) is 0 Å². The van der Waals surface area contributed by atoms with Gasteiger partial charge in [-0.3, -0.25) is 4.98 Å². The summed E-state index contributed by atoms with van der Waals surface area (Å²) in [4.78, 5) is 8.47. The lowest BCUT2D eigenvalue weighted by Gasteiger charge is -2.11. The van der Waals surface area contributed by atoms with Gasteiger partial charge in [-0.05, 0) is 25.0 Å². The summed E-state index contributed by atoms with van der Waals surface area (Å²) in [6.45, 7) is 1.99. The fraction of sp³-hybridized carbons (Fsp3) is 0.333. The van der Waals surface area contributed by atoms with Gasteiger partial charge in [0.05, 0.1) is 5.01 Å². The van der Waals surface area contributed by atoms with Gasteiger partial charge in [0, 0.05) is 41.6 Å². The quantitative estimate of drug-likeness (QED) is 0.860. The van der Waals surface area contributed by atoms with Crippen LogP contribution < -0.4 is 11.5 Å². The van der Waals surface area contributed by atoms with E-state index in [0.29, 0.717) is 0 Å². The van der Waals surface area contributed by atoms with Crippen LogP contribution in [-0.2, 0) is 12.8 Å². The molecule has 0 aromatic carbocycles. The summed E-state index contributed by atoms with van der Waals surface area (Å²) in [6.07, 6.45) is 4.99. The van der Waals surface area contributed by atoms with Gasteiger partial charge in [-0.15, -0.1) is 11.3 Å². The number of nitrogen functional groups attached to an aromatic ring is 1. The number of aryl methyl sites for hydroxylation is 1. The van der Waals surface area contributed by atoms with Crippen molar-refractivity contribution in [3.63, 3.8) is 0 Å². The molecule has 90 valence electrons. The third kappa shape index (κ3) is 3.25. The maximum Gasteiger partial charge on any atom is 0.0943 e. The van der Waals surface area contributed by atoms with Gasteiger partial charge in [-0.25, -0.2) is 4.98 Å². The van der Waals surface area contributed by atoms with Crippen LogP contribution in [0.25, 0.3) is 0 Å². The Bertz CT molecular complexity index is 495. The second-order valence-corrected chi connectivity index (χ2v) is 5.07. The van der Waals surface area contributed by atoms with Crippen molar-refractivity contribution < 1.29 is 0 Å². The minimum absolute atomic E-state index is 0.0343. The number of hydrogen-bond donors (Lipinski definition) is 2. The van der Waals surface area contributed by atoms with Crippen molar-refractivity contribution in [3.05, 3.63) is 40.1 Å². The third-order valence-corrected chi connectivity index (χ3v) is 3.52. The first-order chi connectivity index (χ1) is 8.15. The molecule has 0 saturated heterocycles. The molecule has 4 nitrogen and oxygen atoms in total. The van der Waals surface area contributed by atoms with Crippen molar-refractivity contribution in [2.24, 2.45) is 5.73 Å². The minimum atomic E-state index is 0.0343. The van der Waals surface area contributed by atoms with Gasteiger partial charge in [0.25, 0.3) is 0 Å². The second kappa shape index (κ2) is 5.25. The van der Waals surface area contributed by atoms with Crippen LogP contribution >= 0.6 is 11.3 Å². The first-order valence-electron chi connectivity index (χ1n) is 5.50. The first kappa shape index (κ1) is 12.0. The van der Waals surface area contributed by atoms with Gasteiger partial charge >= 0.3 is 0 Å². The van der Waals surface area contributed by atoms with Crippen LogP contribution in [0, 0.1) is 6.92 Å². The summed E-state index contributed by atoms with van der Waals surface area (Å²) in [6, 6.07) is 1.84. The maximum atomic E-state index is 6.10. The fourth-order valence-electron chi connectivity index (χ4n) is 1.68. The van der Waals surface area contributed by atoms with Crippen molar-refractivity contribution in [2.75, 3.05) is 5.73 Å². The van der Waals surface area contributed by atoms with Crippen LogP contribution in [0.2, 0.25) is 0 Å². The van der Waals surface area contributed by atoms with E-state index in [1.54, 1.807) is 29.8 Å². The van der Waals surface area contributed by atoms with Gasteiger partial charge in [-0.1, -0.05) is 0 Å². The second-order valence-electron chi connectivity index (χ2n) is 4.13. The van der Waals surface area contributed by atoms with E-state index in [9.17, 15) is 0 Å². The summed E-state index contributed by atoms with van der Waals surface area (Å²) in [7, 11) is 0. The number of thiazole rings is 1. The zero-order valence-corrected chi connectivity index (χ0v) is 10.6. The standard InChI is InChI=1S/C12H16N4S/c1-8-7-17-12(16-8)5-10(13)4-9-6-15-3-2-11(9)14/h2-3,6-7,10H,4-5,13H2,1H3,(H2,14,15). The third-order valence-electron chi connectivity index (χ3n) is 2.53. The Hall–Kier alpha value is -1.46. The van der Waals surface area contributed by atoms with Crippen molar-refractivity contribution in [2.45, 2.75) is 25.8 Å². The molecule has 5 heteroatoms. The zero-order valence-electron chi connectivity index (χ0n) is 9.76. The van der Waals surface area contributed by atoms with E-state index >= 15 is 0 Å². The first-order valence-corrected chi connectivity index (χ1v) is 6.38. The molecule has 2 aromatic heterocycles. The molecule has 0 aliphatic carbocycles. The largest absolute Gasteiger partial charge is 0.398 e. The number of nitrogens with zero attached hydrogens (tertiary/aromatic N) is 2. The molecule has 4 N–H and O–H groups in total. The predicted octanol–water partition coefficient (Wildman–Crippen LogP) is 1.54. The summed E-state index contributed by atoms with van der Waals surface area (Å²) < 4.78 is 0. The Kier molecular flexibility index (Phi) is 3.71. The van der Waals surface area contributed by atoms with E-state index in [4.69, 9.17) is 11.5 Å². The van der Waals surface area contributed by atoms with Crippen molar-refractivity contribution in [3.8, 4) is 0 Å². The molecule has 1 unspecified atom stereocenters. The SMILES string of the molecule is Cc1csc(CC(N)Cc2cnccc2N)n1. The predicted molar refractivity (Wildman–Crippen MR) is 70.9 cm³/mol. The Labute approximate surface area is 105 Å². The molecule has 1 atom stereocenters. The zero-order chi connectivity index (χ0) is 12.3. The summed E-state index contributed by atoms with van der Waals surface area (Å²) in [5.41, 5.74) is 14.8. The van der Waals surface area contributed by atoms with Gasteiger partial charge < -0.3 is 11.5 Å². The molecule has 2 aromatic rings. The number of rotatable bonds is 4. The highest BCUT2D eigenvalue weighted by molar-refractivity contribution is 7.09. The molecule has 0 aliphatic heterocycles. The lowest BCUT2D eigenvalue weighted by molar-refractivity contribution is 0.661. The van der Waals surface area contributed by atoms with E-state index in [2.05, 4.69) is 9.97 Å². The van der Waals surface area contributed by atoms with E-state index < -0.39 is 0 Å². The number of aromatic nitrogens is 2. The molecule has 17 heavy (non-hydrogen) atoms. The summed E-state index contributed by atoms with van der Waals surface area (Å²) in [5.74, 6) is 0. The average molecular weight is 248 g/mol. The minimum Gasteiger partial charge on any atom is -0.398 e. The van der Waals surface area contributed by atoms with Crippen LogP contribution in [0.15, 0.2) is 23.8 Å². The molecule has 0 aliphatic rings. The number of pyridine rings is 1. The topological polar surface area (TPSA) is 77.8 Å². The van der Waals surface area contributed by atoms with Crippen LogP contribution in [0.1, 0.15) is 16.3 Å². The molecule has 0 amide bonds. The summed E-state index contributed by atoms with van der Waals surface area (Å²) >= 11 is 1.65. The Morgan fingerprint density at radius 2 is 2.24 bits per heavy atom. The average Bonchev–Trinajstić information content (AvgIpc) is 2.67. The Balaban J connectivity index is 1.98. The van der Waals surface area contributed by atoms with E-state index in [0.717, 1.165) is 34.8 Å². The molecular weight excluding hydrogens is 232 g/mol. The highest BCUT2D eigenvalue weighted by Crippen LogP contribution is 2.15. The molecule has 0 saturated carbocycles. The maximum absolute atomic E-state index is 6.10. The number of anilines is 1. The van der Waals surface area contributed by atoms with Crippen LogP contribution in [0.5, 0.6) is 0 Å². The molecular formula is C12H16N4S. The molecule has 0 radical (unpaired) electrons. The fourth-order valence-corrected chi connectivity index (χ4v) is 2.55. The number of hydrogen-bond acceptors (Lipinski definition) is 5. The molecule has 2 heterocycles. The molecule has 0 fully saturated rings. The monoisotopic (exact) mass is 248 g/mol. The van der Waals surface area contributed by atoms with Gasteiger partial charge in [0.2, 0.25) is 0 Å². The van der Waals surface area contributed by atoms with Crippen LogP contribution in [0.3, 0.4) is 0 Å². The smallest absolute Gasteiger partial charge is 0.0943 e. The Morgan fingerprint density at radius 3 is 2.88 bits per heavy atom. The molecule has 2 rings (SSSR count). The van der Waals surface area contributed by atoms with Gasteiger partial charge in [-0.2, -0.15) is 0 Å². The number of nitrogens with two attached hydrogens (primary N) is 2. The van der Waals surface area contributed by atoms with Crippen LogP contribution in [0.4, 0.5) is 5.69 Å². The van der Waals surface area contributed by atoms with E-state index in [1.165, 1.54) is 0 Å². The highest BCUT2D eigenvalue weighted by atomic mass is 32.1. The lowest BCUT2D eigenvalue weighted by atomic mass is 10.0. The molecule has 0 spiro atoms.